The van der Waals surface area contributed by atoms with Crippen molar-refractivity contribution in [3.63, 3.8) is 0 Å². The second-order valence-electron chi connectivity index (χ2n) is 8.59. The molecule has 3 heterocycles. The Balaban J connectivity index is 1.48. The van der Waals surface area contributed by atoms with Gasteiger partial charge in [-0.15, -0.1) is 0 Å². The Morgan fingerprint density at radius 3 is 2.66 bits per heavy atom. The van der Waals surface area contributed by atoms with Crippen LogP contribution in [0.4, 0.5) is 11.6 Å². The van der Waals surface area contributed by atoms with Crippen LogP contribution in [0.5, 0.6) is 5.75 Å². The minimum atomic E-state index is -0.0593. The van der Waals surface area contributed by atoms with Gasteiger partial charge in [0, 0.05) is 38.4 Å². The molecule has 32 heavy (non-hydrogen) atoms. The Labute approximate surface area is 190 Å². The molecule has 2 aromatic heterocycles. The van der Waals surface area contributed by atoms with Crippen LogP contribution < -0.4 is 10.1 Å². The summed E-state index contributed by atoms with van der Waals surface area (Å²) >= 11 is 0. The molecule has 7 heteroatoms. The third kappa shape index (κ3) is 4.64. The summed E-state index contributed by atoms with van der Waals surface area (Å²) in [6.45, 7) is 11.8. The molecule has 0 radical (unpaired) electrons. The van der Waals surface area contributed by atoms with Crippen molar-refractivity contribution in [2.24, 2.45) is 7.05 Å². The second-order valence-corrected chi connectivity index (χ2v) is 8.59. The van der Waals surface area contributed by atoms with E-state index in [1.165, 1.54) is 22.3 Å². The van der Waals surface area contributed by atoms with E-state index >= 15 is 0 Å². The zero-order valence-corrected chi connectivity index (χ0v) is 19.9. The van der Waals surface area contributed by atoms with E-state index in [0.29, 0.717) is 6.61 Å². The van der Waals surface area contributed by atoms with Crippen LogP contribution in [0.15, 0.2) is 30.3 Å². The maximum atomic E-state index is 6.11. The topological polar surface area (TPSA) is 64.4 Å². The number of pyridine rings is 1. The highest BCUT2D eigenvalue weighted by atomic mass is 16.5. The number of hydrogen-bond acceptors (Lipinski definition) is 6. The molecule has 0 spiro atoms. The van der Waals surface area contributed by atoms with Crippen LogP contribution in [-0.2, 0) is 18.3 Å². The fourth-order valence-corrected chi connectivity index (χ4v) is 4.26. The molecule has 0 amide bonds. The number of rotatable bonds is 6. The van der Waals surface area contributed by atoms with Crippen molar-refractivity contribution in [3.05, 3.63) is 64.0 Å². The predicted molar refractivity (Wildman–Crippen MR) is 127 cm³/mol. The summed E-state index contributed by atoms with van der Waals surface area (Å²) < 4.78 is 13.5. The van der Waals surface area contributed by atoms with Crippen LogP contribution in [0, 0.1) is 27.7 Å². The largest absolute Gasteiger partial charge is 0.496 e. The van der Waals surface area contributed by atoms with Gasteiger partial charge in [0.15, 0.2) is 5.82 Å². The normalized spacial score (nSPS) is 16.9. The van der Waals surface area contributed by atoms with E-state index in [2.05, 4.69) is 42.2 Å². The Kier molecular flexibility index (Phi) is 6.48. The molecule has 0 saturated carbocycles. The number of benzene rings is 1. The molecule has 7 nitrogen and oxygen atoms in total. The Morgan fingerprint density at radius 1 is 1.12 bits per heavy atom. The maximum absolute atomic E-state index is 6.11. The van der Waals surface area contributed by atoms with E-state index in [1.54, 1.807) is 7.11 Å². The average Bonchev–Trinajstić information content (AvgIpc) is 3.10. The van der Waals surface area contributed by atoms with Crippen molar-refractivity contribution < 1.29 is 9.47 Å². The van der Waals surface area contributed by atoms with Crippen LogP contribution in [0.1, 0.15) is 39.7 Å². The molecule has 1 aliphatic rings. The van der Waals surface area contributed by atoms with E-state index in [4.69, 9.17) is 14.5 Å². The van der Waals surface area contributed by atoms with Gasteiger partial charge in [-0.05, 0) is 68.1 Å². The van der Waals surface area contributed by atoms with Gasteiger partial charge in [-0.1, -0.05) is 6.07 Å². The van der Waals surface area contributed by atoms with Gasteiger partial charge in [-0.25, -0.2) is 4.98 Å². The minimum absolute atomic E-state index is 0.0593. The van der Waals surface area contributed by atoms with Crippen molar-refractivity contribution in [2.75, 3.05) is 32.1 Å². The number of hydrogen-bond donors (Lipinski definition) is 1. The molecular formula is C25H33N5O2. The highest BCUT2D eigenvalue weighted by molar-refractivity contribution is 5.52. The Hall–Kier alpha value is -2.90. The molecule has 1 aromatic carbocycles. The quantitative estimate of drug-likeness (QED) is 0.620. The number of nitrogens with zero attached hydrogens (tertiary/aromatic N) is 4. The maximum Gasteiger partial charge on any atom is 0.153 e. The molecule has 3 aromatic rings. The van der Waals surface area contributed by atoms with Crippen molar-refractivity contribution in [1.29, 1.82) is 0 Å². The third-order valence-corrected chi connectivity index (χ3v) is 6.43. The molecule has 0 bridgehead atoms. The van der Waals surface area contributed by atoms with E-state index in [-0.39, 0.29) is 6.10 Å². The average molecular weight is 436 g/mol. The first kappa shape index (κ1) is 22.3. The van der Waals surface area contributed by atoms with Crippen LogP contribution in [0.3, 0.4) is 0 Å². The van der Waals surface area contributed by atoms with E-state index in [0.717, 1.165) is 48.4 Å². The minimum Gasteiger partial charge on any atom is -0.496 e. The molecule has 4 rings (SSSR count). The number of aromatic nitrogens is 3. The van der Waals surface area contributed by atoms with Crippen LogP contribution in [0.2, 0.25) is 0 Å². The van der Waals surface area contributed by atoms with Crippen molar-refractivity contribution in [2.45, 2.75) is 40.3 Å². The number of ether oxygens (including phenoxy) is 2. The number of nitrogens with one attached hydrogen (secondary N) is 1. The molecule has 0 unspecified atom stereocenters. The molecule has 1 N–H and O–H groups in total. The van der Waals surface area contributed by atoms with Gasteiger partial charge in [0.1, 0.15) is 17.7 Å². The molecule has 170 valence electrons. The molecule has 1 atom stereocenters. The number of morpholine rings is 1. The lowest BCUT2D eigenvalue weighted by Crippen LogP contribution is -2.38. The lowest BCUT2D eigenvalue weighted by atomic mass is 9.96. The smallest absolute Gasteiger partial charge is 0.153 e. The summed E-state index contributed by atoms with van der Waals surface area (Å²) in [7, 11) is 3.67. The number of methoxy groups -OCH3 is 1. The van der Waals surface area contributed by atoms with Gasteiger partial charge in [-0.2, -0.15) is 5.10 Å². The fraction of sp³-hybridized carbons (Fsp3) is 0.440. The SMILES string of the molecule is COc1cc(C)c(CN2CCO[C@@H](c3cccc(Nc4cc(C)n(C)n4)n3)C2)c(C)c1C. The Bertz CT molecular complexity index is 1090. The lowest BCUT2D eigenvalue weighted by Gasteiger charge is -2.33. The molecule has 1 fully saturated rings. The summed E-state index contributed by atoms with van der Waals surface area (Å²) in [5.41, 5.74) is 7.18. The lowest BCUT2D eigenvalue weighted by molar-refractivity contribution is -0.0350. The molecule has 1 saturated heterocycles. The van der Waals surface area contributed by atoms with E-state index in [9.17, 15) is 0 Å². The van der Waals surface area contributed by atoms with Crippen molar-refractivity contribution in [1.82, 2.24) is 19.7 Å². The molecule has 1 aliphatic heterocycles. The van der Waals surface area contributed by atoms with Gasteiger partial charge in [0.2, 0.25) is 0 Å². The highest BCUT2D eigenvalue weighted by Crippen LogP contribution is 2.30. The van der Waals surface area contributed by atoms with Gasteiger partial charge < -0.3 is 14.8 Å². The van der Waals surface area contributed by atoms with E-state index in [1.807, 2.05) is 42.9 Å². The first-order valence-electron chi connectivity index (χ1n) is 11.1. The van der Waals surface area contributed by atoms with Crippen LogP contribution >= 0.6 is 0 Å². The predicted octanol–water partition coefficient (Wildman–Crippen LogP) is 4.37. The zero-order chi connectivity index (χ0) is 22.8. The number of aryl methyl sites for hydroxylation is 3. The monoisotopic (exact) mass is 435 g/mol. The van der Waals surface area contributed by atoms with Crippen LogP contribution in [-0.4, -0.2) is 46.5 Å². The summed E-state index contributed by atoms with van der Waals surface area (Å²) in [6, 6.07) is 10.2. The van der Waals surface area contributed by atoms with Crippen molar-refractivity contribution in [3.8, 4) is 5.75 Å². The van der Waals surface area contributed by atoms with E-state index < -0.39 is 0 Å². The molecular weight excluding hydrogens is 402 g/mol. The summed E-state index contributed by atoms with van der Waals surface area (Å²) in [4.78, 5) is 7.27. The van der Waals surface area contributed by atoms with Gasteiger partial charge >= 0.3 is 0 Å². The van der Waals surface area contributed by atoms with Crippen molar-refractivity contribution >= 4 is 11.6 Å². The first-order chi connectivity index (χ1) is 15.4. The highest BCUT2D eigenvalue weighted by Gasteiger charge is 2.24. The second kappa shape index (κ2) is 9.30. The summed E-state index contributed by atoms with van der Waals surface area (Å²) in [5.74, 6) is 2.53. The van der Waals surface area contributed by atoms with Gasteiger partial charge in [-0.3, -0.25) is 9.58 Å². The van der Waals surface area contributed by atoms with Gasteiger partial charge in [0.05, 0.1) is 19.4 Å². The van der Waals surface area contributed by atoms with Gasteiger partial charge in [0.25, 0.3) is 0 Å². The zero-order valence-electron chi connectivity index (χ0n) is 19.9. The third-order valence-electron chi connectivity index (χ3n) is 6.43. The molecule has 0 aliphatic carbocycles. The fourth-order valence-electron chi connectivity index (χ4n) is 4.26. The summed E-state index contributed by atoms with van der Waals surface area (Å²) in [6.07, 6.45) is -0.0593. The summed E-state index contributed by atoms with van der Waals surface area (Å²) in [5, 5.41) is 7.76. The number of anilines is 2. The van der Waals surface area contributed by atoms with Crippen LogP contribution in [0.25, 0.3) is 0 Å². The first-order valence-corrected chi connectivity index (χ1v) is 11.1. The Morgan fingerprint density at radius 2 is 1.94 bits per heavy atom. The standard InChI is InChI=1S/C25H33N5O2/c1-16-12-22(31-6)19(4)18(3)20(16)14-30-10-11-32-23(15-30)21-8-7-9-24(26-21)27-25-13-17(2)29(5)28-25/h7-9,12-13,23H,10-11,14-15H2,1-6H3,(H,26,27,28)/t23-/m1/s1.